The summed E-state index contributed by atoms with van der Waals surface area (Å²) in [4.78, 5) is 31.5. The van der Waals surface area contributed by atoms with Gasteiger partial charge in [0.25, 0.3) is 0 Å². The predicted octanol–water partition coefficient (Wildman–Crippen LogP) is 2.12. The topological polar surface area (TPSA) is 112 Å². The smallest absolute Gasteiger partial charge is 0.333 e. The van der Waals surface area contributed by atoms with Gasteiger partial charge in [0, 0.05) is 17.2 Å². The Balaban J connectivity index is 0. The Hall–Kier alpha value is -2.45. The maximum atomic E-state index is 10.7. The maximum Gasteiger partial charge on any atom is 0.333 e. The van der Waals surface area contributed by atoms with E-state index < -0.39 is 5.97 Å². The first-order valence-corrected chi connectivity index (χ1v) is 8.86. The molecule has 0 radical (unpaired) electrons. The largest absolute Gasteiger partial charge is 0.462 e. The highest BCUT2D eigenvalue weighted by atomic mass is 16.6. The molecule has 0 saturated carbocycles. The molecule has 1 heterocycles. The molecular weight excluding hydrogens is 368 g/mol. The minimum Gasteiger partial charge on any atom is -0.462 e. The number of aliphatic hydroxyl groups is 1. The molecule has 1 aliphatic heterocycles. The quantitative estimate of drug-likeness (QED) is 0.195. The lowest BCUT2D eigenvalue weighted by atomic mass is 10.3. The van der Waals surface area contributed by atoms with Crippen molar-refractivity contribution in [3.63, 3.8) is 0 Å². The zero-order valence-corrected chi connectivity index (χ0v) is 17.0. The number of unbranched alkanes of at least 4 members (excludes halogenated alkanes) is 1. The van der Waals surface area contributed by atoms with E-state index in [2.05, 4.69) is 31.4 Å². The Morgan fingerprint density at radius 2 is 1.61 bits per heavy atom. The summed E-state index contributed by atoms with van der Waals surface area (Å²) < 4.78 is 18.7. The first kappa shape index (κ1) is 27.8. The third-order valence-corrected chi connectivity index (χ3v) is 2.73. The number of carbonyl (C=O) groups excluding carboxylic acids is 3. The highest BCUT2D eigenvalue weighted by Gasteiger charge is 2.24. The highest BCUT2D eigenvalue weighted by Crippen LogP contribution is 2.09. The van der Waals surface area contributed by atoms with E-state index in [1.807, 2.05) is 0 Å². The van der Waals surface area contributed by atoms with E-state index in [1.54, 1.807) is 13.8 Å². The van der Waals surface area contributed by atoms with Crippen LogP contribution in [0.4, 0.5) is 0 Å². The summed E-state index contributed by atoms with van der Waals surface area (Å²) in [6.07, 6.45) is 3.17. The average molecular weight is 400 g/mol. The SMILES string of the molecule is C=C(C)C(=O)OCC1CO1.C=C(C)C(=O)OCCCC.C=CC(=O)OCCO. The number of epoxide rings is 1. The summed E-state index contributed by atoms with van der Waals surface area (Å²) in [6.45, 7) is 16.9. The molecule has 1 fully saturated rings. The van der Waals surface area contributed by atoms with Crippen LogP contribution in [0.1, 0.15) is 33.6 Å². The number of hydrogen-bond acceptors (Lipinski definition) is 8. The predicted molar refractivity (Wildman–Crippen MR) is 104 cm³/mol. The molecule has 8 nitrogen and oxygen atoms in total. The second kappa shape index (κ2) is 17.9. The van der Waals surface area contributed by atoms with Gasteiger partial charge in [-0.2, -0.15) is 0 Å². The van der Waals surface area contributed by atoms with Crippen LogP contribution in [0.5, 0.6) is 0 Å². The van der Waals surface area contributed by atoms with Crippen molar-refractivity contribution in [2.75, 3.05) is 33.0 Å². The van der Waals surface area contributed by atoms with Gasteiger partial charge in [-0.15, -0.1) is 0 Å². The van der Waals surface area contributed by atoms with Crippen molar-refractivity contribution in [3.05, 3.63) is 37.0 Å². The summed E-state index contributed by atoms with van der Waals surface area (Å²) in [6, 6.07) is 0. The number of aliphatic hydroxyl groups excluding tert-OH is 1. The van der Waals surface area contributed by atoms with Crippen molar-refractivity contribution in [2.24, 2.45) is 0 Å². The number of ether oxygens (including phenoxy) is 4. The van der Waals surface area contributed by atoms with Gasteiger partial charge < -0.3 is 24.1 Å². The van der Waals surface area contributed by atoms with Crippen molar-refractivity contribution in [1.82, 2.24) is 0 Å². The zero-order valence-electron chi connectivity index (χ0n) is 17.0. The summed E-state index contributed by atoms with van der Waals surface area (Å²) in [7, 11) is 0. The Bertz CT molecular complexity index is 520. The molecule has 0 spiro atoms. The second-order valence-electron chi connectivity index (χ2n) is 5.70. The zero-order chi connectivity index (χ0) is 21.9. The number of hydrogen-bond donors (Lipinski definition) is 1. The first-order valence-electron chi connectivity index (χ1n) is 8.86. The third-order valence-electron chi connectivity index (χ3n) is 2.73. The molecule has 0 bridgehead atoms. The second-order valence-corrected chi connectivity index (χ2v) is 5.70. The van der Waals surface area contributed by atoms with Crippen molar-refractivity contribution < 1.29 is 38.4 Å². The van der Waals surface area contributed by atoms with E-state index in [1.165, 1.54) is 0 Å². The number of rotatable bonds is 10. The van der Waals surface area contributed by atoms with Crippen LogP contribution >= 0.6 is 0 Å². The molecule has 1 unspecified atom stereocenters. The van der Waals surface area contributed by atoms with Crippen LogP contribution < -0.4 is 0 Å². The summed E-state index contributed by atoms with van der Waals surface area (Å²) >= 11 is 0. The third kappa shape index (κ3) is 19.9. The van der Waals surface area contributed by atoms with Gasteiger partial charge in [0.15, 0.2) is 0 Å². The fraction of sp³-hybridized carbons (Fsp3) is 0.550. The molecule has 1 aliphatic rings. The number of esters is 3. The molecule has 28 heavy (non-hydrogen) atoms. The Morgan fingerprint density at radius 1 is 1.07 bits per heavy atom. The maximum absolute atomic E-state index is 10.7. The van der Waals surface area contributed by atoms with E-state index in [0.29, 0.717) is 31.0 Å². The monoisotopic (exact) mass is 400 g/mol. The van der Waals surface area contributed by atoms with Crippen LogP contribution in [0.25, 0.3) is 0 Å². The van der Waals surface area contributed by atoms with Gasteiger partial charge in [-0.05, 0) is 20.3 Å². The van der Waals surface area contributed by atoms with Gasteiger partial charge in [-0.3, -0.25) is 0 Å². The lowest BCUT2D eigenvalue weighted by Gasteiger charge is -2.01. The van der Waals surface area contributed by atoms with Gasteiger partial charge >= 0.3 is 17.9 Å². The van der Waals surface area contributed by atoms with Crippen LogP contribution in [0.3, 0.4) is 0 Å². The Labute approximate surface area is 166 Å². The molecule has 1 N–H and O–H groups in total. The van der Waals surface area contributed by atoms with E-state index in [9.17, 15) is 14.4 Å². The highest BCUT2D eigenvalue weighted by molar-refractivity contribution is 5.87. The fourth-order valence-electron chi connectivity index (χ4n) is 1.09. The van der Waals surface area contributed by atoms with Gasteiger partial charge in [-0.25, -0.2) is 14.4 Å². The first-order chi connectivity index (χ1) is 13.2. The van der Waals surface area contributed by atoms with Gasteiger partial charge in [0.05, 0.1) is 19.8 Å². The van der Waals surface area contributed by atoms with Crippen LogP contribution in [0, 0.1) is 0 Å². The van der Waals surface area contributed by atoms with Crippen molar-refractivity contribution in [1.29, 1.82) is 0 Å². The fourth-order valence-corrected chi connectivity index (χ4v) is 1.09. The van der Waals surface area contributed by atoms with Crippen LogP contribution in [-0.4, -0.2) is 62.2 Å². The summed E-state index contributed by atoms with van der Waals surface area (Å²) in [5.74, 6) is -1.12. The van der Waals surface area contributed by atoms with Crippen molar-refractivity contribution >= 4 is 17.9 Å². The van der Waals surface area contributed by atoms with Crippen molar-refractivity contribution in [3.8, 4) is 0 Å². The van der Waals surface area contributed by atoms with Crippen LogP contribution in [0.15, 0.2) is 37.0 Å². The molecule has 1 rings (SSSR count). The summed E-state index contributed by atoms with van der Waals surface area (Å²) in [5.41, 5.74) is 0.900. The molecule has 160 valence electrons. The van der Waals surface area contributed by atoms with E-state index >= 15 is 0 Å². The molecule has 1 atom stereocenters. The lowest BCUT2D eigenvalue weighted by molar-refractivity contribution is -0.140. The molecule has 0 aromatic carbocycles. The van der Waals surface area contributed by atoms with Gasteiger partial charge in [0.1, 0.15) is 19.3 Å². The minimum atomic E-state index is -0.501. The molecule has 1 saturated heterocycles. The van der Waals surface area contributed by atoms with Gasteiger partial charge in [0.2, 0.25) is 0 Å². The average Bonchev–Trinajstić information content (AvgIpc) is 3.49. The van der Waals surface area contributed by atoms with Crippen molar-refractivity contribution in [2.45, 2.75) is 39.7 Å². The molecule has 0 aromatic rings. The number of carbonyl (C=O) groups is 3. The minimum absolute atomic E-state index is 0.0465. The lowest BCUT2D eigenvalue weighted by Crippen LogP contribution is -2.09. The Kier molecular flexibility index (Phi) is 17.8. The molecular formula is C20H32O8. The van der Waals surface area contributed by atoms with E-state index in [-0.39, 0.29) is 31.3 Å². The Morgan fingerprint density at radius 3 is 2.00 bits per heavy atom. The summed E-state index contributed by atoms with van der Waals surface area (Å²) in [5, 5.41) is 8.10. The molecule has 0 aliphatic carbocycles. The normalized spacial score (nSPS) is 13.4. The van der Waals surface area contributed by atoms with Crippen LogP contribution in [-0.2, 0) is 33.3 Å². The molecule has 0 aromatic heterocycles. The van der Waals surface area contributed by atoms with Crippen LogP contribution in [0.2, 0.25) is 0 Å². The van der Waals surface area contributed by atoms with Gasteiger partial charge in [-0.1, -0.05) is 33.1 Å². The standard InChI is InChI=1S/C8H14O2.C7H10O3.C5H8O3/c1-4-5-6-10-8(9)7(2)3;1-5(2)7(8)10-4-6-3-9-6;1-2-5(7)8-4-3-6/h2,4-6H2,1,3H3;6H,1,3-4H2,2H3;2,6H,1,3-4H2. The van der Waals surface area contributed by atoms with E-state index in [4.69, 9.17) is 19.3 Å². The van der Waals surface area contributed by atoms with E-state index in [0.717, 1.165) is 18.9 Å². The molecule has 8 heteroatoms. The molecule has 0 amide bonds.